The Labute approximate surface area is 119 Å². The van der Waals surface area contributed by atoms with Gasteiger partial charge in [0, 0.05) is 16.7 Å². The van der Waals surface area contributed by atoms with Crippen molar-refractivity contribution in [3.63, 3.8) is 0 Å². The van der Waals surface area contributed by atoms with Crippen molar-refractivity contribution in [3.8, 4) is 11.5 Å². The highest BCUT2D eigenvalue weighted by atomic mass is 35.5. The summed E-state index contributed by atoms with van der Waals surface area (Å²) in [5, 5.41) is 11.2. The summed E-state index contributed by atoms with van der Waals surface area (Å²) in [6.45, 7) is 1.46. The van der Waals surface area contributed by atoms with Gasteiger partial charge in [-0.3, -0.25) is 14.9 Å². The highest BCUT2D eigenvalue weighted by Crippen LogP contribution is 2.33. The van der Waals surface area contributed by atoms with Crippen molar-refractivity contribution in [2.45, 2.75) is 6.92 Å². The zero-order valence-corrected chi connectivity index (χ0v) is 11.3. The Morgan fingerprint density at radius 2 is 1.85 bits per heavy atom. The van der Waals surface area contributed by atoms with Gasteiger partial charge in [-0.1, -0.05) is 11.6 Å². The van der Waals surface area contributed by atoms with Crippen LogP contribution >= 0.6 is 11.6 Å². The maximum atomic E-state index is 11.2. The second kappa shape index (κ2) is 5.71. The number of benzene rings is 2. The largest absolute Gasteiger partial charge is 0.450 e. The lowest BCUT2D eigenvalue weighted by molar-refractivity contribution is -0.385. The van der Waals surface area contributed by atoms with E-state index in [4.69, 9.17) is 16.3 Å². The predicted octanol–water partition coefficient (Wildman–Crippen LogP) is 4.24. The van der Waals surface area contributed by atoms with Crippen molar-refractivity contribution in [1.29, 1.82) is 0 Å². The van der Waals surface area contributed by atoms with Crippen LogP contribution in [-0.2, 0) is 0 Å². The van der Waals surface area contributed by atoms with E-state index >= 15 is 0 Å². The van der Waals surface area contributed by atoms with Crippen LogP contribution in [0.15, 0.2) is 42.5 Å². The molecule has 2 rings (SSSR count). The van der Waals surface area contributed by atoms with Crippen molar-refractivity contribution in [3.05, 3.63) is 63.2 Å². The Kier molecular flexibility index (Phi) is 4.00. The van der Waals surface area contributed by atoms with Crippen molar-refractivity contribution >= 4 is 23.1 Å². The van der Waals surface area contributed by atoms with Crippen LogP contribution in [0.1, 0.15) is 17.3 Å². The fourth-order valence-electron chi connectivity index (χ4n) is 1.60. The Morgan fingerprint density at radius 1 is 1.20 bits per heavy atom. The van der Waals surface area contributed by atoms with Gasteiger partial charge in [0.2, 0.25) is 5.75 Å². The van der Waals surface area contributed by atoms with E-state index in [1.807, 2.05) is 0 Å². The van der Waals surface area contributed by atoms with Crippen molar-refractivity contribution < 1.29 is 14.5 Å². The van der Waals surface area contributed by atoms with Crippen LogP contribution in [0.5, 0.6) is 11.5 Å². The Morgan fingerprint density at radius 3 is 2.40 bits per heavy atom. The summed E-state index contributed by atoms with van der Waals surface area (Å²) in [5.74, 6) is 0.435. The third-order valence-corrected chi connectivity index (χ3v) is 2.84. The molecule has 0 aromatic heterocycles. The lowest BCUT2D eigenvalue weighted by atomic mass is 10.1. The summed E-state index contributed by atoms with van der Waals surface area (Å²) in [7, 11) is 0. The molecule has 0 radical (unpaired) electrons. The predicted molar refractivity (Wildman–Crippen MR) is 74.6 cm³/mol. The summed E-state index contributed by atoms with van der Waals surface area (Å²) < 4.78 is 5.45. The third-order valence-electron chi connectivity index (χ3n) is 2.61. The van der Waals surface area contributed by atoms with Gasteiger partial charge >= 0.3 is 5.69 Å². The molecule has 0 saturated carbocycles. The SMILES string of the molecule is CC(=O)c1ccc(Oc2ccc(Cl)cc2[N+](=O)[O-])cc1. The van der Waals surface area contributed by atoms with Crippen LogP contribution in [-0.4, -0.2) is 10.7 Å². The fourth-order valence-corrected chi connectivity index (χ4v) is 1.77. The van der Waals surface area contributed by atoms with E-state index in [1.54, 1.807) is 24.3 Å². The van der Waals surface area contributed by atoms with Crippen molar-refractivity contribution in [2.24, 2.45) is 0 Å². The second-order valence-corrected chi connectivity index (χ2v) is 4.49. The summed E-state index contributed by atoms with van der Waals surface area (Å²) >= 11 is 5.72. The minimum atomic E-state index is -0.564. The number of hydrogen-bond acceptors (Lipinski definition) is 4. The Balaban J connectivity index is 2.30. The summed E-state index contributed by atoms with van der Waals surface area (Å²) in [4.78, 5) is 21.5. The number of nitro benzene ring substituents is 1. The first-order chi connectivity index (χ1) is 9.47. The number of nitro groups is 1. The first-order valence-corrected chi connectivity index (χ1v) is 6.08. The molecule has 0 spiro atoms. The lowest BCUT2D eigenvalue weighted by Crippen LogP contribution is -1.94. The average molecular weight is 292 g/mol. The smallest absolute Gasteiger partial charge is 0.313 e. The second-order valence-electron chi connectivity index (χ2n) is 4.05. The molecule has 5 nitrogen and oxygen atoms in total. The number of ether oxygens (including phenoxy) is 1. The first-order valence-electron chi connectivity index (χ1n) is 5.70. The normalized spacial score (nSPS) is 10.1. The molecule has 0 aliphatic carbocycles. The summed E-state index contributed by atoms with van der Waals surface area (Å²) in [6, 6.07) is 10.5. The molecule has 0 unspecified atom stereocenters. The van der Waals surface area contributed by atoms with Crippen LogP contribution in [0, 0.1) is 10.1 Å². The van der Waals surface area contributed by atoms with E-state index in [9.17, 15) is 14.9 Å². The number of hydrogen-bond donors (Lipinski definition) is 0. The monoisotopic (exact) mass is 291 g/mol. The quantitative estimate of drug-likeness (QED) is 0.480. The van der Waals surface area contributed by atoms with Gasteiger partial charge in [-0.05, 0) is 43.3 Å². The van der Waals surface area contributed by atoms with E-state index in [2.05, 4.69) is 0 Å². The van der Waals surface area contributed by atoms with Gasteiger partial charge in [0.25, 0.3) is 0 Å². The molecule has 6 heteroatoms. The number of carbonyl (C=O) groups excluding carboxylic acids is 1. The maximum Gasteiger partial charge on any atom is 0.313 e. The minimum Gasteiger partial charge on any atom is -0.450 e. The van der Waals surface area contributed by atoms with Gasteiger partial charge in [0.1, 0.15) is 5.75 Å². The minimum absolute atomic E-state index is 0.0611. The van der Waals surface area contributed by atoms with E-state index in [1.165, 1.54) is 25.1 Å². The van der Waals surface area contributed by atoms with Crippen molar-refractivity contribution in [1.82, 2.24) is 0 Å². The van der Waals surface area contributed by atoms with Gasteiger partial charge in [-0.15, -0.1) is 0 Å². The highest BCUT2D eigenvalue weighted by molar-refractivity contribution is 6.30. The highest BCUT2D eigenvalue weighted by Gasteiger charge is 2.16. The van der Waals surface area contributed by atoms with Gasteiger partial charge in [0.15, 0.2) is 5.78 Å². The van der Waals surface area contributed by atoms with E-state index in [0.717, 1.165) is 0 Å². The first kappa shape index (κ1) is 14.0. The topological polar surface area (TPSA) is 69.4 Å². The third kappa shape index (κ3) is 3.13. The molecule has 0 atom stereocenters. The van der Waals surface area contributed by atoms with Crippen LogP contribution in [0.25, 0.3) is 0 Å². The van der Waals surface area contributed by atoms with E-state index in [-0.39, 0.29) is 22.2 Å². The van der Waals surface area contributed by atoms with Gasteiger partial charge in [-0.25, -0.2) is 0 Å². The molecule has 20 heavy (non-hydrogen) atoms. The Hall–Kier alpha value is -2.40. The number of Topliss-reactive ketones (excluding diaryl/α,β-unsaturated/α-hetero) is 1. The Bertz CT molecular complexity index is 667. The van der Waals surface area contributed by atoms with Gasteiger partial charge in [0.05, 0.1) is 4.92 Å². The molecular formula is C14H10ClNO4. The number of halogens is 1. The number of ketones is 1. The molecule has 2 aromatic carbocycles. The molecule has 2 aromatic rings. The van der Waals surface area contributed by atoms with Crippen LogP contribution < -0.4 is 4.74 Å². The summed E-state index contributed by atoms with van der Waals surface area (Å²) in [6.07, 6.45) is 0. The molecular weight excluding hydrogens is 282 g/mol. The van der Waals surface area contributed by atoms with Gasteiger partial charge in [-0.2, -0.15) is 0 Å². The number of carbonyl (C=O) groups is 1. The van der Waals surface area contributed by atoms with Crippen LogP contribution in [0.4, 0.5) is 5.69 Å². The zero-order chi connectivity index (χ0) is 14.7. The number of rotatable bonds is 4. The van der Waals surface area contributed by atoms with E-state index in [0.29, 0.717) is 11.3 Å². The standard InChI is InChI=1S/C14H10ClNO4/c1-9(17)10-2-5-12(6-3-10)20-14-7-4-11(15)8-13(14)16(18)19/h2-8H,1H3. The molecule has 0 fully saturated rings. The summed E-state index contributed by atoms with van der Waals surface area (Å²) in [5.41, 5.74) is 0.330. The van der Waals surface area contributed by atoms with Crippen LogP contribution in [0.3, 0.4) is 0 Å². The fraction of sp³-hybridized carbons (Fsp3) is 0.0714. The zero-order valence-electron chi connectivity index (χ0n) is 10.5. The molecule has 0 amide bonds. The lowest BCUT2D eigenvalue weighted by Gasteiger charge is -2.07. The molecule has 102 valence electrons. The number of nitrogens with zero attached hydrogens (tertiary/aromatic N) is 1. The van der Waals surface area contributed by atoms with Crippen molar-refractivity contribution in [2.75, 3.05) is 0 Å². The van der Waals surface area contributed by atoms with Gasteiger partial charge < -0.3 is 4.74 Å². The molecule has 0 N–H and O–H groups in total. The molecule has 0 bridgehead atoms. The molecule has 0 aliphatic heterocycles. The molecule has 0 saturated heterocycles. The molecule has 0 aliphatic rings. The molecule has 0 heterocycles. The van der Waals surface area contributed by atoms with E-state index < -0.39 is 4.92 Å². The maximum absolute atomic E-state index is 11.2. The van der Waals surface area contributed by atoms with Crippen LogP contribution in [0.2, 0.25) is 5.02 Å². The average Bonchev–Trinajstić information content (AvgIpc) is 2.41.